The number of benzene rings is 1. The molecule has 25 heavy (non-hydrogen) atoms. The molecule has 0 unspecified atom stereocenters. The molecule has 0 spiro atoms. The van der Waals surface area contributed by atoms with Crippen LogP contribution in [0.4, 0.5) is 17.2 Å². The highest BCUT2D eigenvalue weighted by Gasteiger charge is 2.32. The number of rotatable bonds is 4. The van der Waals surface area contributed by atoms with Crippen LogP contribution in [-0.4, -0.2) is 43.5 Å². The molecule has 1 aromatic carbocycles. The summed E-state index contributed by atoms with van der Waals surface area (Å²) < 4.78 is 5.57. The number of carbonyl (C=O) groups excluding carboxylic acids is 2. The maximum atomic E-state index is 12.4. The Labute approximate surface area is 146 Å². The maximum absolute atomic E-state index is 12.4. The fraction of sp³-hybridized carbons (Fsp3) is 0.278. The molecule has 1 atom stereocenters. The molecule has 7 heteroatoms. The van der Waals surface area contributed by atoms with E-state index in [1.165, 1.54) is 4.90 Å². The first-order chi connectivity index (χ1) is 12.0. The second-order valence-corrected chi connectivity index (χ2v) is 6.00. The van der Waals surface area contributed by atoms with E-state index in [1.54, 1.807) is 37.4 Å². The third-order valence-electron chi connectivity index (χ3n) is 3.87. The number of ether oxygens (including phenoxy) is 1. The van der Waals surface area contributed by atoms with Gasteiger partial charge in [-0.3, -0.25) is 14.5 Å². The highest BCUT2D eigenvalue weighted by molar-refractivity contribution is 6.06. The quantitative estimate of drug-likeness (QED) is 0.920. The highest BCUT2D eigenvalue weighted by atomic mass is 16.5. The van der Waals surface area contributed by atoms with Crippen LogP contribution in [0.15, 0.2) is 42.6 Å². The molecule has 0 bridgehead atoms. The predicted octanol–water partition coefficient (Wildman–Crippen LogP) is 1.90. The number of carbonyl (C=O) groups is 2. The van der Waals surface area contributed by atoms with E-state index in [1.807, 2.05) is 31.1 Å². The molecule has 7 nitrogen and oxygen atoms in total. The van der Waals surface area contributed by atoms with Crippen molar-refractivity contribution in [2.75, 3.05) is 35.8 Å². The van der Waals surface area contributed by atoms with Crippen LogP contribution in [-0.2, 0) is 9.59 Å². The zero-order valence-electron chi connectivity index (χ0n) is 14.4. The van der Waals surface area contributed by atoms with E-state index >= 15 is 0 Å². The number of aromatic nitrogens is 1. The number of hydrogen-bond donors (Lipinski definition) is 1. The lowest BCUT2D eigenvalue weighted by Crippen LogP contribution is -2.47. The van der Waals surface area contributed by atoms with E-state index in [2.05, 4.69) is 10.3 Å². The monoisotopic (exact) mass is 340 g/mol. The van der Waals surface area contributed by atoms with Crippen LogP contribution in [0.2, 0.25) is 0 Å². The van der Waals surface area contributed by atoms with Gasteiger partial charge in [0.1, 0.15) is 18.1 Å². The molecule has 3 rings (SSSR count). The topological polar surface area (TPSA) is 74.8 Å². The van der Waals surface area contributed by atoms with Crippen LogP contribution in [0.1, 0.15) is 6.92 Å². The first-order valence-electron chi connectivity index (χ1n) is 7.96. The molecule has 0 fully saturated rings. The summed E-state index contributed by atoms with van der Waals surface area (Å²) in [5.74, 6) is 0.857. The fourth-order valence-electron chi connectivity index (χ4n) is 2.59. The summed E-state index contributed by atoms with van der Waals surface area (Å²) in [4.78, 5) is 32.3. The van der Waals surface area contributed by atoms with Gasteiger partial charge in [0, 0.05) is 14.1 Å². The van der Waals surface area contributed by atoms with E-state index < -0.39 is 6.10 Å². The molecular formula is C18H20N4O3. The number of nitrogens with zero attached hydrogens (tertiary/aromatic N) is 3. The standard InChI is InChI=1S/C18H20N4O3/c1-12-18(24)22(14-6-4-5-7-15(14)25-12)11-17(23)20-13-8-9-16(19-10-13)21(2)3/h4-10,12H,11H2,1-3H3,(H,20,23)/t12-/m1/s1. The first kappa shape index (κ1) is 16.8. The molecule has 2 amide bonds. The van der Waals surface area contributed by atoms with Crippen molar-refractivity contribution >= 4 is 29.0 Å². The molecular weight excluding hydrogens is 320 g/mol. The minimum Gasteiger partial charge on any atom is -0.479 e. The fourth-order valence-corrected chi connectivity index (χ4v) is 2.59. The Hall–Kier alpha value is -3.09. The van der Waals surface area contributed by atoms with Gasteiger partial charge in [0.05, 0.1) is 17.6 Å². The molecule has 2 heterocycles. The second-order valence-electron chi connectivity index (χ2n) is 6.00. The van der Waals surface area contributed by atoms with E-state index in [0.717, 1.165) is 5.82 Å². The highest BCUT2D eigenvalue weighted by Crippen LogP contribution is 2.33. The third kappa shape index (κ3) is 3.55. The zero-order chi connectivity index (χ0) is 18.0. The number of amides is 2. The van der Waals surface area contributed by atoms with Crippen molar-refractivity contribution in [2.24, 2.45) is 0 Å². The van der Waals surface area contributed by atoms with Gasteiger partial charge < -0.3 is 15.0 Å². The summed E-state index contributed by atoms with van der Waals surface area (Å²) in [7, 11) is 3.78. The molecule has 1 N–H and O–H groups in total. The van der Waals surface area contributed by atoms with Gasteiger partial charge >= 0.3 is 0 Å². The Morgan fingerprint density at radius 2 is 2.04 bits per heavy atom. The van der Waals surface area contributed by atoms with Crippen LogP contribution < -0.4 is 19.9 Å². The Morgan fingerprint density at radius 1 is 1.28 bits per heavy atom. The summed E-state index contributed by atoms with van der Waals surface area (Å²) in [6, 6.07) is 10.8. The number of anilines is 3. The summed E-state index contributed by atoms with van der Waals surface area (Å²) in [5, 5.41) is 2.77. The van der Waals surface area contributed by atoms with Crippen LogP contribution in [0.3, 0.4) is 0 Å². The lowest BCUT2D eigenvalue weighted by molar-refractivity contribution is -0.127. The van der Waals surface area contributed by atoms with E-state index in [-0.39, 0.29) is 18.4 Å². The molecule has 1 aliphatic rings. The van der Waals surface area contributed by atoms with Gasteiger partial charge in [-0.2, -0.15) is 0 Å². The number of hydrogen-bond acceptors (Lipinski definition) is 5. The molecule has 1 aromatic heterocycles. The van der Waals surface area contributed by atoms with Gasteiger partial charge in [-0.15, -0.1) is 0 Å². The van der Waals surface area contributed by atoms with Gasteiger partial charge in [-0.1, -0.05) is 12.1 Å². The van der Waals surface area contributed by atoms with Crippen molar-refractivity contribution in [1.29, 1.82) is 0 Å². The Morgan fingerprint density at radius 3 is 2.72 bits per heavy atom. The van der Waals surface area contributed by atoms with Gasteiger partial charge in [0.2, 0.25) is 5.91 Å². The Kier molecular flexibility index (Phi) is 4.56. The van der Waals surface area contributed by atoms with Crippen LogP contribution >= 0.6 is 0 Å². The van der Waals surface area contributed by atoms with E-state index in [4.69, 9.17) is 4.74 Å². The van der Waals surface area contributed by atoms with Gasteiger partial charge in [0.15, 0.2) is 6.10 Å². The molecule has 0 aliphatic carbocycles. The van der Waals surface area contributed by atoms with Gasteiger partial charge in [-0.05, 0) is 31.2 Å². The molecule has 1 aliphatic heterocycles. The van der Waals surface area contributed by atoms with Crippen molar-refractivity contribution in [2.45, 2.75) is 13.0 Å². The van der Waals surface area contributed by atoms with E-state index in [9.17, 15) is 9.59 Å². The largest absolute Gasteiger partial charge is 0.479 e. The van der Waals surface area contributed by atoms with Gasteiger partial charge in [-0.25, -0.2) is 4.98 Å². The van der Waals surface area contributed by atoms with Crippen molar-refractivity contribution in [3.8, 4) is 5.75 Å². The number of nitrogens with one attached hydrogen (secondary N) is 1. The van der Waals surface area contributed by atoms with Crippen molar-refractivity contribution < 1.29 is 14.3 Å². The number of pyridine rings is 1. The smallest absolute Gasteiger partial charge is 0.268 e. The zero-order valence-corrected chi connectivity index (χ0v) is 14.4. The second kappa shape index (κ2) is 6.80. The summed E-state index contributed by atoms with van der Waals surface area (Å²) in [6.45, 7) is 1.59. The molecule has 0 radical (unpaired) electrons. The summed E-state index contributed by atoms with van der Waals surface area (Å²) in [5.41, 5.74) is 1.18. The molecule has 2 aromatic rings. The number of para-hydroxylation sites is 2. The lowest BCUT2D eigenvalue weighted by atomic mass is 10.2. The van der Waals surface area contributed by atoms with Crippen molar-refractivity contribution in [1.82, 2.24) is 4.98 Å². The summed E-state index contributed by atoms with van der Waals surface area (Å²) in [6.07, 6.45) is 0.967. The third-order valence-corrected chi connectivity index (χ3v) is 3.87. The molecule has 130 valence electrons. The lowest BCUT2D eigenvalue weighted by Gasteiger charge is -2.32. The van der Waals surface area contributed by atoms with E-state index in [0.29, 0.717) is 17.1 Å². The van der Waals surface area contributed by atoms with Gasteiger partial charge in [0.25, 0.3) is 5.91 Å². The Balaban J connectivity index is 1.73. The molecule has 0 saturated heterocycles. The maximum Gasteiger partial charge on any atom is 0.268 e. The Bertz CT molecular complexity index is 789. The first-order valence-corrected chi connectivity index (χ1v) is 7.96. The van der Waals surface area contributed by atoms with Crippen LogP contribution in [0, 0.1) is 0 Å². The average Bonchev–Trinajstić information content (AvgIpc) is 2.59. The summed E-state index contributed by atoms with van der Waals surface area (Å²) >= 11 is 0. The van der Waals surface area contributed by atoms with Crippen LogP contribution in [0.25, 0.3) is 0 Å². The number of fused-ring (bicyclic) bond motifs is 1. The minimum atomic E-state index is -0.622. The van der Waals surface area contributed by atoms with Crippen LogP contribution in [0.5, 0.6) is 5.75 Å². The SMILES string of the molecule is C[C@H]1Oc2ccccc2N(CC(=O)Nc2ccc(N(C)C)nc2)C1=O. The van der Waals surface area contributed by atoms with Crippen molar-refractivity contribution in [3.63, 3.8) is 0 Å². The van der Waals surface area contributed by atoms with Crippen molar-refractivity contribution in [3.05, 3.63) is 42.6 Å². The molecule has 0 saturated carbocycles. The normalized spacial score (nSPS) is 16.0. The average molecular weight is 340 g/mol. The minimum absolute atomic E-state index is 0.0843. The predicted molar refractivity (Wildman–Crippen MR) is 96.1 cm³/mol.